The van der Waals surface area contributed by atoms with E-state index in [0.29, 0.717) is 46.1 Å². The van der Waals surface area contributed by atoms with Crippen molar-refractivity contribution < 1.29 is 28.1 Å². The lowest BCUT2D eigenvalue weighted by atomic mass is 9.83. The number of nitriles is 1. The summed E-state index contributed by atoms with van der Waals surface area (Å²) >= 11 is 0. The van der Waals surface area contributed by atoms with Crippen LogP contribution in [-0.2, 0) is 6.61 Å². The molecule has 2 N–H and O–H groups in total. The van der Waals surface area contributed by atoms with Gasteiger partial charge in [-0.2, -0.15) is 5.26 Å². The van der Waals surface area contributed by atoms with E-state index in [0.717, 1.165) is 5.56 Å². The summed E-state index contributed by atoms with van der Waals surface area (Å²) in [6, 6.07) is 26.0. The van der Waals surface area contributed by atoms with Crippen LogP contribution in [0, 0.1) is 24.1 Å². The molecule has 1 heterocycles. The molecule has 0 saturated heterocycles. The monoisotopic (exact) mass is 550 g/mol. The minimum Gasteiger partial charge on any atom is -0.490 e. The summed E-state index contributed by atoms with van der Waals surface area (Å²) in [5.74, 6) is 0.0207. The summed E-state index contributed by atoms with van der Waals surface area (Å²) < 4.78 is 37.3. The third-order valence-corrected chi connectivity index (χ3v) is 6.71. The smallest absolute Gasteiger partial charge is 0.343 e. The van der Waals surface area contributed by atoms with Crippen LogP contribution in [0.1, 0.15) is 45.5 Å². The van der Waals surface area contributed by atoms with E-state index < -0.39 is 11.9 Å². The van der Waals surface area contributed by atoms with Crippen LogP contribution < -0.4 is 24.7 Å². The fourth-order valence-electron chi connectivity index (χ4n) is 4.67. The van der Waals surface area contributed by atoms with E-state index in [9.17, 15) is 14.4 Å². The number of allylic oxidation sites excluding steroid dienone is 1. The van der Waals surface area contributed by atoms with Gasteiger partial charge in [0, 0.05) is 17.2 Å². The topological polar surface area (TPSA) is 104 Å². The van der Waals surface area contributed by atoms with E-state index in [1.165, 1.54) is 6.07 Å². The Hall–Kier alpha value is -5.29. The van der Waals surface area contributed by atoms with E-state index in [4.69, 9.17) is 24.7 Å². The zero-order valence-corrected chi connectivity index (χ0v) is 22.5. The molecule has 1 atom stereocenters. The number of esters is 1. The first kappa shape index (κ1) is 27.3. The number of carbonyl (C=O) groups is 1. The standard InChI is InChI=1S/C33H27FN2O5/c1-3-38-30-16-21(12-15-28(30)39-19-22-9-5-7-11-27(22)34)31-25-14-13-23(17-29(25)41-32(36)26(31)18-35)40-33(37)24-10-6-4-8-20(24)2/h4-17,31H,3,19,36H2,1-2H3. The molecular weight excluding hydrogens is 523 g/mol. The second kappa shape index (κ2) is 11.8. The molecule has 4 aromatic rings. The predicted molar refractivity (Wildman–Crippen MR) is 150 cm³/mol. The van der Waals surface area contributed by atoms with Gasteiger partial charge in [-0.1, -0.05) is 48.5 Å². The van der Waals surface area contributed by atoms with E-state index in [1.807, 2.05) is 26.0 Å². The number of aryl methyl sites for hydroxylation is 1. The van der Waals surface area contributed by atoms with Gasteiger partial charge in [0.05, 0.1) is 18.1 Å². The minimum absolute atomic E-state index is 0.0203. The van der Waals surface area contributed by atoms with Crippen LogP contribution in [0.2, 0.25) is 0 Å². The average molecular weight is 551 g/mol. The fourth-order valence-corrected chi connectivity index (χ4v) is 4.67. The fraction of sp³-hybridized carbons (Fsp3) is 0.152. The van der Waals surface area contributed by atoms with Crippen molar-refractivity contribution in [1.29, 1.82) is 5.26 Å². The van der Waals surface area contributed by atoms with Crippen molar-refractivity contribution in [3.05, 3.63) is 130 Å². The molecule has 0 aromatic heterocycles. The maximum absolute atomic E-state index is 14.1. The lowest BCUT2D eigenvalue weighted by Crippen LogP contribution is -2.21. The normalized spacial score (nSPS) is 14.0. The third kappa shape index (κ3) is 5.70. The quantitative estimate of drug-likeness (QED) is 0.196. The highest BCUT2D eigenvalue weighted by Crippen LogP contribution is 2.45. The Kier molecular flexibility index (Phi) is 7.88. The van der Waals surface area contributed by atoms with Gasteiger partial charge < -0.3 is 24.7 Å². The van der Waals surface area contributed by atoms with Gasteiger partial charge in [-0.25, -0.2) is 9.18 Å². The molecule has 1 unspecified atom stereocenters. The molecular formula is C33H27FN2O5. The van der Waals surface area contributed by atoms with Crippen LogP contribution in [-0.4, -0.2) is 12.6 Å². The number of ether oxygens (including phenoxy) is 4. The molecule has 0 spiro atoms. The lowest BCUT2D eigenvalue weighted by Gasteiger charge is -2.27. The summed E-state index contributed by atoms with van der Waals surface area (Å²) in [5, 5.41) is 9.98. The number of benzene rings is 4. The Balaban J connectivity index is 1.46. The summed E-state index contributed by atoms with van der Waals surface area (Å²) in [6.07, 6.45) is 0. The van der Waals surface area contributed by atoms with Gasteiger partial charge in [0.1, 0.15) is 35.6 Å². The van der Waals surface area contributed by atoms with Gasteiger partial charge in [0.2, 0.25) is 5.88 Å². The summed E-state index contributed by atoms with van der Waals surface area (Å²) in [4.78, 5) is 12.8. The molecule has 7 nitrogen and oxygen atoms in total. The molecule has 0 saturated carbocycles. The van der Waals surface area contributed by atoms with Gasteiger partial charge in [-0.3, -0.25) is 0 Å². The molecule has 0 radical (unpaired) electrons. The van der Waals surface area contributed by atoms with Crippen LogP contribution in [0.3, 0.4) is 0 Å². The molecule has 5 rings (SSSR count). The summed E-state index contributed by atoms with van der Waals surface area (Å²) in [6.45, 7) is 4.06. The number of nitrogens with zero attached hydrogens (tertiary/aromatic N) is 1. The number of nitrogens with two attached hydrogens (primary N) is 1. The SMILES string of the molecule is CCOc1cc(C2C(C#N)=C(N)Oc3cc(OC(=O)c4ccccc4C)ccc32)ccc1OCc1ccccc1F. The van der Waals surface area contributed by atoms with E-state index in [-0.39, 0.29) is 29.6 Å². The highest BCUT2D eigenvalue weighted by Gasteiger charge is 2.32. The summed E-state index contributed by atoms with van der Waals surface area (Å²) in [7, 11) is 0. The predicted octanol–water partition coefficient (Wildman–Crippen LogP) is 6.55. The Bertz CT molecular complexity index is 1690. The van der Waals surface area contributed by atoms with Gasteiger partial charge in [-0.05, 0) is 55.3 Å². The second-order valence-corrected chi connectivity index (χ2v) is 9.35. The van der Waals surface area contributed by atoms with E-state index >= 15 is 0 Å². The Morgan fingerprint density at radius 2 is 1.78 bits per heavy atom. The Morgan fingerprint density at radius 1 is 1.00 bits per heavy atom. The van der Waals surface area contributed by atoms with Gasteiger partial charge in [-0.15, -0.1) is 0 Å². The molecule has 0 fully saturated rings. The van der Waals surface area contributed by atoms with Gasteiger partial charge in [0.25, 0.3) is 0 Å². The molecule has 4 aromatic carbocycles. The van der Waals surface area contributed by atoms with Crippen molar-refractivity contribution in [2.45, 2.75) is 26.4 Å². The molecule has 0 amide bonds. The number of carbonyl (C=O) groups excluding carboxylic acids is 1. The van der Waals surface area contributed by atoms with E-state index in [2.05, 4.69) is 6.07 Å². The molecule has 1 aliphatic heterocycles. The molecule has 0 aliphatic carbocycles. The average Bonchev–Trinajstić information content (AvgIpc) is 2.97. The van der Waals surface area contributed by atoms with Crippen molar-refractivity contribution in [2.24, 2.45) is 5.73 Å². The molecule has 1 aliphatic rings. The largest absolute Gasteiger partial charge is 0.490 e. The van der Waals surface area contributed by atoms with Crippen LogP contribution in [0.4, 0.5) is 4.39 Å². The number of hydrogen-bond donors (Lipinski definition) is 1. The zero-order valence-electron chi connectivity index (χ0n) is 22.5. The molecule has 206 valence electrons. The highest BCUT2D eigenvalue weighted by molar-refractivity contribution is 5.92. The van der Waals surface area contributed by atoms with E-state index in [1.54, 1.807) is 66.7 Å². The van der Waals surface area contributed by atoms with Gasteiger partial charge >= 0.3 is 5.97 Å². The first-order valence-electron chi connectivity index (χ1n) is 13.0. The Labute approximate surface area is 237 Å². The first-order chi connectivity index (χ1) is 19.9. The van der Waals surface area contributed by atoms with Crippen molar-refractivity contribution in [2.75, 3.05) is 6.61 Å². The van der Waals surface area contributed by atoms with Crippen molar-refractivity contribution in [3.63, 3.8) is 0 Å². The lowest BCUT2D eigenvalue weighted by molar-refractivity contribution is 0.0733. The van der Waals surface area contributed by atoms with Crippen LogP contribution in [0.5, 0.6) is 23.0 Å². The molecule has 8 heteroatoms. The summed E-state index contributed by atoms with van der Waals surface area (Å²) in [5.41, 5.74) is 9.44. The van der Waals surface area contributed by atoms with Crippen LogP contribution >= 0.6 is 0 Å². The minimum atomic E-state index is -0.579. The number of halogens is 1. The van der Waals surface area contributed by atoms with Crippen molar-refractivity contribution in [1.82, 2.24) is 0 Å². The highest BCUT2D eigenvalue weighted by atomic mass is 19.1. The third-order valence-electron chi connectivity index (χ3n) is 6.71. The zero-order chi connectivity index (χ0) is 28.9. The number of hydrogen-bond acceptors (Lipinski definition) is 7. The molecule has 0 bridgehead atoms. The van der Waals surface area contributed by atoms with Crippen molar-refractivity contribution in [3.8, 4) is 29.1 Å². The first-order valence-corrected chi connectivity index (χ1v) is 13.0. The van der Waals surface area contributed by atoms with Crippen LogP contribution in [0.15, 0.2) is 96.4 Å². The second-order valence-electron chi connectivity index (χ2n) is 9.35. The number of fused-ring (bicyclic) bond motifs is 1. The maximum Gasteiger partial charge on any atom is 0.343 e. The Morgan fingerprint density at radius 3 is 2.54 bits per heavy atom. The number of rotatable bonds is 8. The molecule has 41 heavy (non-hydrogen) atoms. The van der Waals surface area contributed by atoms with Gasteiger partial charge in [0.15, 0.2) is 11.5 Å². The van der Waals surface area contributed by atoms with Crippen LogP contribution in [0.25, 0.3) is 0 Å². The maximum atomic E-state index is 14.1. The van der Waals surface area contributed by atoms with Crippen molar-refractivity contribution >= 4 is 5.97 Å².